The summed E-state index contributed by atoms with van der Waals surface area (Å²) in [6, 6.07) is 16.3. The number of carbonyl (C=O) groups is 1. The summed E-state index contributed by atoms with van der Waals surface area (Å²) in [5.74, 6) is -0.284. The molecule has 0 spiro atoms. The fraction of sp³-hybridized carbons (Fsp3) is 0.190. The number of rotatable bonds is 6. The van der Waals surface area contributed by atoms with Crippen LogP contribution in [0.2, 0.25) is 0 Å². The van der Waals surface area contributed by atoms with Gasteiger partial charge in [0.1, 0.15) is 0 Å². The first-order chi connectivity index (χ1) is 13.3. The van der Waals surface area contributed by atoms with Gasteiger partial charge in [-0.15, -0.1) is 11.3 Å². The molecule has 28 heavy (non-hydrogen) atoms. The Labute approximate surface area is 169 Å². The van der Waals surface area contributed by atoms with E-state index in [1.54, 1.807) is 48.6 Å². The van der Waals surface area contributed by atoms with Crippen LogP contribution in [0.25, 0.3) is 10.4 Å². The minimum atomic E-state index is -2.38. The van der Waals surface area contributed by atoms with E-state index in [-0.39, 0.29) is 5.91 Å². The molecule has 4 N–H and O–H groups in total. The molecule has 0 fully saturated rings. The molecule has 7 heteroatoms. The van der Waals surface area contributed by atoms with Crippen molar-refractivity contribution in [3.05, 3.63) is 71.1 Å². The van der Waals surface area contributed by atoms with Crippen molar-refractivity contribution in [2.24, 2.45) is 0 Å². The van der Waals surface area contributed by atoms with Crippen molar-refractivity contribution in [3.8, 4) is 10.4 Å². The van der Waals surface area contributed by atoms with Gasteiger partial charge in [0.05, 0.1) is 11.4 Å². The molecule has 0 saturated carbocycles. The Morgan fingerprint density at radius 3 is 2.50 bits per heavy atom. The molecule has 3 rings (SSSR count). The predicted molar refractivity (Wildman–Crippen MR) is 116 cm³/mol. The van der Waals surface area contributed by atoms with Gasteiger partial charge < -0.3 is 11.1 Å². The van der Waals surface area contributed by atoms with Gasteiger partial charge in [-0.3, -0.25) is 4.79 Å². The van der Waals surface area contributed by atoms with Crippen LogP contribution in [0.5, 0.6) is 0 Å². The van der Waals surface area contributed by atoms with E-state index in [4.69, 9.17) is 5.73 Å². The Kier molecular flexibility index (Phi) is 5.94. The van der Waals surface area contributed by atoms with Gasteiger partial charge in [-0.05, 0) is 52.8 Å². The van der Waals surface area contributed by atoms with Crippen molar-refractivity contribution in [3.63, 3.8) is 0 Å². The molecule has 0 aliphatic heterocycles. The van der Waals surface area contributed by atoms with E-state index in [0.717, 1.165) is 16.0 Å². The van der Waals surface area contributed by atoms with Crippen molar-refractivity contribution in [2.45, 2.75) is 25.4 Å². The van der Waals surface area contributed by atoms with Gasteiger partial charge in [-0.25, -0.2) is 0 Å². The third kappa shape index (κ3) is 3.99. The number of amides is 1. The molecule has 0 saturated heterocycles. The second-order valence-electron chi connectivity index (χ2n) is 6.71. The van der Waals surface area contributed by atoms with Crippen molar-refractivity contribution >= 4 is 36.6 Å². The number of benzene rings is 2. The van der Waals surface area contributed by atoms with E-state index < -0.39 is 13.2 Å². The van der Waals surface area contributed by atoms with Crippen LogP contribution in [-0.2, 0) is 9.72 Å². The molecule has 0 aliphatic carbocycles. The first kappa shape index (κ1) is 20.2. The smallest absolute Gasteiger partial charge is 0.397 e. The van der Waals surface area contributed by atoms with Crippen LogP contribution < -0.4 is 11.1 Å². The highest BCUT2D eigenvalue weighted by Crippen LogP contribution is 2.46. The third-order valence-electron chi connectivity index (χ3n) is 4.99. The number of nitrogens with one attached hydrogen (secondary N) is 1. The van der Waals surface area contributed by atoms with Crippen LogP contribution in [0.1, 0.15) is 36.2 Å². The summed E-state index contributed by atoms with van der Waals surface area (Å²) in [6.07, 6.45) is 0.524. The lowest BCUT2D eigenvalue weighted by Crippen LogP contribution is -2.17. The van der Waals surface area contributed by atoms with E-state index in [1.807, 2.05) is 36.6 Å². The van der Waals surface area contributed by atoms with Crippen LogP contribution in [0.3, 0.4) is 0 Å². The number of anilines is 2. The highest BCUT2D eigenvalue weighted by molar-refractivity contribution is 7.39. The van der Waals surface area contributed by atoms with Gasteiger partial charge in [-0.1, -0.05) is 31.2 Å². The number of hydrogen-bond acceptors (Lipinski definition) is 4. The minimum absolute atomic E-state index is 0.284. The summed E-state index contributed by atoms with van der Waals surface area (Å²) >= 11 is 1.62. The van der Waals surface area contributed by atoms with Gasteiger partial charge in [0.15, 0.2) is 0 Å². The van der Waals surface area contributed by atoms with Gasteiger partial charge in [0, 0.05) is 22.4 Å². The van der Waals surface area contributed by atoms with Crippen LogP contribution in [0.4, 0.5) is 11.4 Å². The largest absolute Gasteiger partial charge is 0.516 e. The maximum absolute atomic E-state index is 12.7. The summed E-state index contributed by atoms with van der Waals surface area (Å²) in [4.78, 5) is 23.4. The number of nitrogens with two attached hydrogens (primary N) is 1. The van der Waals surface area contributed by atoms with Crippen LogP contribution >= 0.6 is 19.4 Å². The van der Waals surface area contributed by atoms with E-state index in [0.29, 0.717) is 23.4 Å². The molecule has 144 valence electrons. The maximum atomic E-state index is 12.7. The molecule has 1 heterocycles. The zero-order valence-electron chi connectivity index (χ0n) is 15.7. The average Bonchev–Trinajstić information content (AvgIpc) is 3.23. The van der Waals surface area contributed by atoms with Crippen molar-refractivity contribution in [1.29, 1.82) is 0 Å². The Morgan fingerprint density at radius 2 is 1.93 bits per heavy atom. The van der Waals surface area contributed by atoms with Gasteiger partial charge in [0.2, 0.25) is 5.16 Å². The predicted octanol–water partition coefficient (Wildman–Crippen LogP) is 5.61. The van der Waals surface area contributed by atoms with Gasteiger partial charge in [0.25, 0.3) is 5.91 Å². The first-order valence-electron chi connectivity index (χ1n) is 8.86. The lowest BCUT2D eigenvalue weighted by Gasteiger charge is -2.15. The van der Waals surface area contributed by atoms with Crippen LogP contribution in [-0.4, -0.2) is 10.8 Å². The number of hydrogen-bond donors (Lipinski definition) is 3. The molecule has 2 atom stereocenters. The second kappa shape index (κ2) is 8.23. The Balaban J connectivity index is 1.82. The quantitative estimate of drug-likeness (QED) is 0.362. The molecular formula is C21H22N2O3PS+. The Morgan fingerprint density at radius 1 is 1.21 bits per heavy atom. The van der Waals surface area contributed by atoms with Crippen molar-refractivity contribution in [1.82, 2.24) is 0 Å². The molecule has 0 radical (unpaired) electrons. The van der Waals surface area contributed by atoms with E-state index in [9.17, 15) is 14.3 Å². The van der Waals surface area contributed by atoms with Crippen molar-refractivity contribution < 1.29 is 14.3 Å². The zero-order chi connectivity index (χ0) is 20.3. The molecule has 0 aliphatic rings. The number of carbonyl (C=O) groups excluding carboxylic acids is 1. The van der Waals surface area contributed by atoms with Gasteiger partial charge in [-0.2, -0.15) is 4.89 Å². The molecule has 0 bridgehead atoms. The third-order valence-corrected chi connectivity index (χ3v) is 7.32. The zero-order valence-corrected chi connectivity index (χ0v) is 17.4. The molecule has 3 aromatic rings. The summed E-state index contributed by atoms with van der Waals surface area (Å²) in [5.41, 5.74) is 9.24. The number of nitrogen functional groups attached to an aromatic ring is 1. The molecule has 1 amide bonds. The summed E-state index contributed by atoms with van der Waals surface area (Å²) < 4.78 is 11.7. The van der Waals surface area contributed by atoms with Gasteiger partial charge >= 0.3 is 8.03 Å². The highest BCUT2D eigenvalue weighted by atomic mass is 32.1. The average molecular weight is 413 g/mol. The molecule has 2 aromatic carbocycles. The first-order valence-corrected chi connectivity index (χ1v) is 11.0. The Hall–Kier alpha value is -2.53. The Bertz CT molecular complexity index is 1000. The van der Waals surface area contributed by atoms with Crippen molar-refractivity contribution in [2.75, 3.05) is 11.1 Å². The SMILES string of the molecule is CCC(C)(c1ccc(C(=O)Nc2cc(-c3cccs3)ccc2N)cc1)[P+](=O)O. The molecular weight excluding hydrogens is 391 g/mol. The standard InChI is InChI=1S/C21H21N2O3PS/c1-3-21(2,27(25)26)16-9-6-14(7-10-16)20(24)23-18-13-15(8-11-17(18)22)19-5-4-12-28-19/h4-13H,3,22H2,1-2H3,(H-,23,24,25,26)/p+1. The van der Waals surface area contributed by atoms with E-state index in [2.05, 4.69) is 5.32 Å². The maximum Gasteiger partial charge on any atom is 0.516 e. The van der Waals surface area contributed by atoms with Crippen LogP contribution in [0.15, 0.2) is 60.0 Å². The fourth-order valence-electron chi connectivity index (χ4n) is 2.89. The fourth-order valence-corrected chi connectivity index (χ4v) is 4.25. The molecule has 5 nitrogen and oxygen atoms in total. The van der Waals surface area contributed by atoms with E-state index >= 15 is 0 Å². The summed E-state index contributed by atoms with van der Waals surface area (Å²) in [5, 5.41) is 4.02. The van der Waals surface area contributed by atoms with Crippen LogP contribution in [0, 0.1) is 0 Å². The topological polar surface area (TPSA) is 92.4 Å². The minimum Gasteiger partial charge on any atom is -0.397 e. The normalized spacial score (nSPS) is 13.6. The summed E-state index contributed by atoms with van der Waals surface area (Å²) in [6.45, 7) is 3.62. The second-order valence-corrected chi connectivity index (χ2v) is 9.19. The molecule has 1 aromatic heterocycles. The molecule has 2 unspecified atom stereocenters. The number of thiophene rings is 1. The highest BCUT2D eigenvalue weighted by Gasteiger charge is 2.44. The lowest BCUT2D eigenvalue weighted by molar-refractivity contribution is 0.102. The monoisotopic (exact) mass is 413 g/mol. The van der Waals surface area contributed by atoms with E-state index in [1.165, 1.54) is 0 Å². The lowest BCUT2D eigenvalue weighted by atomic mass is 9.96. The summed E-state index contributed by atoms with van der Waals surface area (Å²) in [7, 11) is -2.38.